The Morgan fingerprint density at radius 2 is 1.93 bits per heavy atom. The number of hydrazone groups is 1. The Labute approximate surface area is 181 Å². The number of morpholine rings is 1. The number of nitrogens with zero attached hydrogens (tertiary/aromatic N) is 3. The highest BCUT2D eigenvalue weighted by molar-refractivity contribution is 7.15. The second kappa shape index (κ2) is 9.73. The van der Waals surface area contributed by atoms with Crippen LogP contribution in [0, 0.1) is 6.92 Å². The Balaban J connectivity index is 1.35. The predicted molar refractivity (Wildman–Crippen MR) is 123 cm³/mol. The summed E-state index contributed by atoms with van der Waals surface area (Å²) in [6, 6.07) is 16.4. The number of anilines is 1. The van der Waals surface area contributed by atoms with Crippen molar-refractivity contribution in [2.45, 2.75) is 13.5 Å². The average Bonchev–Trinajstić information content (AvgIpc) is 3.18. The molecule has 0 radical (unpaired) electrons. The fourth-order valence-electron chi connectivity index (χ4n) is 3.36. The van der Waals surface area contributed by atoms with Crippen LogP contribution in [0.25, 0.3) is 10.6 Å². The number of hydrogen-bond donors (Lipinski definition) is 1. The molecule has 1 saturated heterocycles. The first-order chi connectivity index (χ1) is 14.7. The lowest BCUT2D eigenvalue weighted by Crippen LogP contribution is -2.36. The van der Waals surface area contributed by atoms with Crippen molar-refractivity contribution < 1.29 is 9.47 Å². The summed E-state index contributed by atoms with van der Waals surface area (Å²) in [6.45, 7) is 6.15. The molecule has 3 aromatic rings. The minimum atomic E-state index is 0.640. The summed E-state index contributed by atoms with van der Waals surface area (Å²) in [5.74, 6) is 0.837. The number of benzene rings is 2. The molecule has 1 aliphatic rings. The molecule has 0 atom stereocenters. The van der Waals surface area contributed by atoms with Crippen molar-refractivity contribution in [1.82, 2.24) is 10.4 Å². The summed E-state index contributed by atoms with van der Waals surface area (Å²) in [5.41, 5.74) is 7.47. The number of ether oxygens (including phenoxy) is 2. The van der Waals surface area contributed by atoms with Crippen LogP contribution in [-0.4, -0.2) is 44.6 Å². The molecule has 0 unspecified atom stereocenters. The van der Waals surface area contributed by atoms with Gasteiger partial charge in [-0.25, -0.2) is 4.98 Å². The first kappa shape index (κ1) is 20.4. The van der Waals surface area contributed by atoms with E-state index in [4.69, 9.17) is 14.5 Å². The molecule has 1 aromatic heterocycles. The summed E-state index contributed by atoms with van der Waals surface area (Å²) < 4.78 is 10.9. The van der Waals surface area contributed by atoms with Gasteiger partial charge in [-0.1, -0.05) is 24.3 Å². The second-order valence-electron chi connectivity index (χ2n) is 7.01. The van der Waals surface area contributed by atoms with Crippen LogP contribution in [0.3, 0.4) is 0 Å². The molecule has 1 fully saturated rings. The number of methoxy groups -OCH3 is 1. The molecular formula is C23H26N4O2S. The molecule has 7 heteroatoms. The van der Waals surface area contributed by atoms with E-state index in [1.807, 2.05) is 37.4 Å². The largest absolute Gasteiger partial charge is 0.496 e. The number of para-hydroxylation sites is 1. The van der Waals surface area contributed by atoms with E-state index in [9.17, 15) is 0 Å². The van der Waals surface area contributed by atoms with Crippen molar-refractivity contribution in [2.24, 2.45) is 5.10 Å². The predicted octanol–water partition coefficient (Wildman–Crippen LogP) is 4.09. The van der Waals surface area contributed by atoms with Gasteiger partial charge < -0.3 is 19.8 Å². The molecule has 1 N–H and O–H groups in total. The smallest absolute Gasteiger partial charge is 0.129 e. The molecule has 4 rings (SSSR count). The van der Waals surface area contributed by atoms with E-state index in [0.29, 0.717) is 6.54 Å². The van der Waals surface area contributed by atoms with Crippen molar-refractivity contribution in [3.8, 4) is 16.3 Å². The zero-order chi connectivity index (χ0) is 20.8. The number of thiazole rings is 1. The summed E-state index contributed by atoms with van der Waals surface area (Å²) in [7, 11) is 1.68. The minimum absolute atomic E-state index is 0.640. The molecule has 0 amide bonds. The van der Waals surface area contributed by atoms with Gasteiger partial charge in [-0.15, -0.1) is 11.3 Å². The van der Waals surface area contributed by atoms with Gasteiger partial charge in [-0.05, 0) is 36.8 Å². The summed E-state index contributed by atoms with van der Waals surface area (Å²) in [5, 5.41) is 5.34. The molecule has 0 bridgehead atoms. The maximum Gasteiger partial charge on any atom is 0.129 e. The third-order valence-electron chi connectivity index (χ3n) is 5.04. The van der Waals surface area contributed by atoms with Crippen LogP contribution in [-0.2, 0) is 11.3 Å². The molecule has 2 heterocycles. The monoisotopic (exact) mass is 422 g/mol. The molecular weight excluding hydrogens is 396 g/mol. The van der Waals surface area contributed by atoms with Gasteiger partial charge in [-0.3, -0.25) is 0 Å². The Bertz CT molecular complexity index is 995. The SMILES string of the molecule is COc1ccccc1-c1nc(C)c(CN/N=C/c2ccc(N3CCOCC3)cc2)s1. The molecule has 2 aromatic carbocycles. The molecule has 0 spiro atoms. The molecule has 30 heavy (non-hydrogen) atoms. The number of rotatable bonds is 7. The van der Waals surface area contributed by atoms with Gasteiger partial charge in [0.2, 0.25) is 0 Å². The maximum absolute atomic E-state index is 5.46. The van der Waals surface area contributed by atoms with E-state index in [0.717, 1.165) is 58.8 Å². The lowest BCUT2D eigenvalue weighted by Gasteiger charge is -2.28. The molecule has 6 nitrogen and oxygen atoms in total. The Hall–Kier alpha value is -2.90. The fourth-order valence-corrected chi connectivity index (χ4v) is 4.38. The van der Waals surface area contributed by atoms with Gasteiger partial charge in [0, 0.05) is 23.7 Å². The zero-order valence-corrected chi connectivity index (χ0v) is 18.1. The van der Waals surface area contributed by atoms with E-state index in [-0.39, 0.29) is 0 Å². The van der Waals surface area contributed by atoms with E-state index < -0.39 is 0 Å². The Morgan fingerprint density at radius 3 is 2.70 bits per heavy atom. The number of nitrogens with one attached hydrogen (secondary N) is 1. The van der Waals surface area contributed by atoms with Crippen LogP contribution in [0.1, 0.15) is 16.1 Å². The Kier molecular flexibility index (Phi) is 6.61. The molecule has 1 aliphatic heterocycles. The molecule has 0 aliphatic carbocycles. The van der Waals surface area contributed by atoms with E-state index in [1.165, 1.54) is 5.69 Å². The number of aromatic nitrogens is 1. The molecule has 156 valence electrons. The van der Waals surface area contributed by atoms with Crippen molar-refractivity contribution in [3.05, 3.63) is 64.7 Å². The first-order valence-corrected chi connectivity index (χ1v) is 10.8. The van der Waals surface area contributed by atoms with E-state index >= 15 is 0 Å². The normalized spacial score (nSPS) is 14.3. The highest BCUT2D eigenvalue weighted by Crippen LogP contribution is 2.34. The quantitative estimate of drug-likeness (QED) is 0.459. The fraction of sp³-hybridized carbons (Fsp3) is 0.304. The number of aryl methyl sites for hydroxylation is 1. The molecule has 0 saturated carbocycles. The lowest BCUT2D eigenvalue weighted by atomic mass is 10.2. The van der Waals surface area contributed by atoms with Crippen molar-refractivity contribution in [2.75, 3.05) is 38.3 Å². The van der Waals surface area contributed by atoms with Crippen LogP contribution in [0.5, 0.6) is 5.75 Å². The highest BCUT2D eigenvalue weighted by Gasteiger charge is 2.13. The van der Waals surface area contributed by atoms with Crippen LogP contribution >= 0.6 is 11.3 Å². The average molecular weight is 423 g/mol. The topological polar surface area (TPSA) is 59.0 Å². The lowest BCUT2D eigenvalue weighted by molar-refractivity contribution is 0.122. The van der Waals surface area contributed by atoms with Gasteiger partial charge >= 0.3 is 0 Å². The van der Waals surface area contributed by atoms with Crippen LogP contribution in [0.4, 0.5) is 5.69 Å². The van der Waals surface area contributed by atoms with Gasteiger partial charge in [0.25, 0.3) is 0 Å². The Morgan fingerprint density at radius 1 is 1.17 bits per heavy atom. The van der Waals surface area contributed by atoms with Crippen molar-refractivity contribution >= 4 is 23.2 Å². The van der Waals surface area contributed by atoms with E-state index in [2.05, 4.69) is 39.7 Å². The second-order valence-corrected chi connectivity index (χ2v) is 8.10. The van der Waals surface area contributed by atoms with E-state index in [1.54, 1.807) is 18.4 Å². The van der Waals surface area contributed by atoms with Crippen LogP contribution in [0.2, 0.25) is 0 Å². The van der Waals surface area contributed by atoms with Gasteiger partial charge in [0.05, 0.1) is 44.3 Å². The van der Waals surface area contributed by atoms with Crippen molar-refractivity contribution in [3.63, 3.8) is 0 Å². The van der Waals surface area contributed by atoms with Gasteiger partial charge in [0.1, 0.15) is 10.8 Å². The van der Waals surface area contributed by atoms with Gasteiger partial charge in [0.15, 0.2) is 0 Å². The minimum Gasteiger partial charge on any atom is -0.496 e. The van der Waals surface area contributed by atoms with Gasteiger partial charge in [-0.2, -0.15) is 5.10 Å². The van der Waals surface area contributed by atoms with Crippen molar-refractivity contribution in [1.29, 1.82) is 0 Å². The zero-order valence-electron chi connectivity index (χ0n) is 17.3. The first-order valence-electron chi connectivity index (χ1n) is 10.0. The summed E-state index contributed by atoms with van der Waals surface area (Å²) in [6.07, 6.45) is 1.85. The highest BCUT2D eigenvalue weighted by atomic mass is 32.1. The third-order valence-corrected chi connectivity index (χ3v) is 6.23. The summed E-state index contributed by atoms with van der Waals surface area (Å²) >= 11 is 1.66. The standard InChI is InChI=1S/C23H26N4O2S/c1-17-22(30-23(26-17)20-5-3-4-6-21(20)28-2)16-25-24-15-18-7-9-19(10-8-18)27-11-13-29-14-12-27/h3-10,15,25H,11-14,16H2,1-2H3/b24-15+. The number of hydrogen-bond acceptors (Lipinski definition) is 7. The maximum atomic E-state index is 5.46. The summed E-state index contributed by atoms with van der Waals surface area (Å²) in [4.78, 5) is 8.22. The third kappa shape index (κ3) is 4.80. The van der Waals surface area contributed by atoms with Crippen LogP contribution in [0.15, 0.2) is 53.6 Å². The van der Waals surface area contributed by atoms with Crippen LogP contribution < -0.4 is 15.1 Å².